The Kier molecular flexibility index (Phi) is 9.63. The van der Waals surface area contributed by atoms with Gasteiger partial charge in [0.1, 0.15) is 0 Å². The zero-order valence-electron chi connectivity index (χ0n) is 45.1. The Hall–Kier alpha value is -4.28. The van der Waals surface area contributed by atoms with Crippen molar-refractivity contribution in [2.45, 2.75) is 206 Å². The SMILES string of the molecule is CC(C)(C)c1cc2c3c(c1)N(c1ccc4c(c1)C(C)(C)CCC4(C)C)c1sc4ccc(C(C)(C)C)cc4c1B3c1cc3c(cc1N2c1ccc2c(c1)C(C)(C)CCC2(C)C)C(C)(C)CCC3(C)C. The molecule has 2 aliphatic heterocycles. The van der Waals surface area contributed by atoms with E-state index in [-0.39, 0.29) is 50.0 Å². The van der Waals surface area contributed by atoms with Gasteiger partial charge in [0.05, 0.1) is 5.00 Å². The molecule has 0 bridgehead atoms. The molecule has 68 heavy (non-hydrogen) atoms. The van der Waals surface area contributed by atoms with Crippen LogP contribution in [0.2, 0.25) is 0 Å². The number of hydrogen-bond acceptors (Lipinski definition) is 3. The highest BCUT2D eigenvalue weighted by molar-refractivity contribution is 7.26. The number of rotatable bonds is 2. The highest BCUT2D eigenvalue weighted by atomic mass is 32.1. The van der Waals surface area contributed by atoms with Crippen LogP contribution in [0, 0.1) is 0 Å². The molecule has 0 unspecified atom stereocenters. The van der Waals surface area contributed by atoms with Crippen molar-refractivity contribution in [1.29, 1.82) is 0 Å². The van der Waals surface area contributed by atoms with E-state index >= 15 is 0 Å². The van der Waals surface area contributed by atoms with Crippen LogP contribution >= 0.6 is 11.3 Å². The third-order valence-electron chi connectivity index (χ3n) is 18.6. The minimum atomic E-state index is -0.0910. The van der Waals surface area contributed by atoms with Crippen LogP contribution in [0.1, 0.15) is 208 Å². The summed E-state index contributed by atoms with van der Waals surface area (Å²) >= 11 is 2.01. The molecule has 354 valence electrons. The zero-order chi connectivity index (χ0) is 48.8. The number of thiophene rings is 1. The monoisotopic (exact) mass is 919 g/mol. The lowest BCUT2D eigenvalue weighted by Crippen LogP contribution is -2.61. The molecule has 0 amide bonds. The second-order valence-electron chi connectivity index (χ2n) is 28.3. The van der Waals surface area contributed by atoms with Crippen molar-refractivity contribution in [2.24, 2.45) is 0 Å². The Labute approximate surface area is 415 Å². The molecule has 3 aliphatic carbocycles. The van der Waals surface area contributed by atoms with Crippen molar-refractivity contribution in [3.8, 4) is 0 Å². The van der Waals surface area contributed by atoms with E-state index in [9.17, 15) is 0 Å². The number of fused-ring (bicyclic) bond motifs is 9. The lowest BCUT2D eigenvalue weighted by Gasteiger charge is -2.48. The van der Waals surface area contributed by atoms with Gasteiger partial charge in [0.15, 0.2) is 0 Å². The first-order valence-corrected chi connectivity index (χ1v) is 27.1. The van der Waals surface area contributed by atoms with Crippen molar-refractivity contribution in [3.63, 3.8) is 0 Å². The summed E-state index contributed by atoms with van der Waals surface area (Å²) in [6, 6.07) is 33.3. The van der Waals surface area contributed by atoms with Crippen molar-refractivity contribution in [1.82, 2.24) is 0 Å². The number of anilines is 6. The molecular weight excluding hydrogens is 840 g/mol. The van der Waals surface area contributed by atoms with Gasteiger partial charge >= 0.3 is 0 Å². The van der Waals surface area contributed by atoms with Gasteiger partial charge in [0.25, 0.3) is 6.71 Å². The molecule has 0 radical (unpaired) electrons. The van der Waals surface area contributed by atoms with E-state index in [0.717, 1.165) is 0 Å². The summed E-state index contributed by atoms with van der Waals surface area (Å²) < 4.78 is 1.38. The molecule has 0 atom stereocenters. The second kappa shape index (κ2) is 14.2. The lowest BCUT2D eigenvalue weighted by atomic mass is 9.33. The Balaban J connectivity index is 1.30. The summed E-state index contributed by atoms with van der Waals surface area (Å²) in [5.74, 6) is 0. The van der Waals surface area contributed by atoms with Gasteiger partial charge in [-0.25, -0.2) is 0 Å². The number of nitrogens with zero attached hydrogens (tertiary/aromatic N) is 2. The fourth-order valence-electron chi connectivity index (χ4n) is 13.4. The minimum absolute atomic E-state index is 0.0175. The lowest BCUT2D eigenvalue weighted by molar-refractivity contribution is 0.332. The number of hydrogen-bond donors (Lipinski definition) is 0. The first-order chi connectivity index (χ1) is 31.4. The van der Waals surface area contributed by atoms with Gasteiger partial charge in [-0.15, -0.1) is 11.3 Å². The molecule has 11 rings (SSSR count). The summed E-state index contributed by atoms with van der Waals surface area (Å²) in [6.45, 7) is 44.3. The Bertz CT molecular complexity index is 3120. The Morgan fingerprint density at radius 1 is 0.412 bits per heavy atom. The molecular formula is C64H79BN2S. The highest BCUT2D eigenvalue weighted by Gasteiger charge is 2.49. The van der Waals surface area contributed by atoms with Crippen LogP contribution in [-0.2, 0) is 43.3 Å². The van der Waals surface area contributed by atoms with Crippen LogP contribution in [0.5, 0.6) is 0 Å². The molecule has 1 aromatic heterocycles. The summed E-state index contributed by atoms with van der Waals surface area (Å²) in [5, 5.41) is 2.79. The maximum atomic E-state index is 2.76. The van der Waals surface area contributed by atoms with Crippen LogP contribution in [0.15, 0.2) is 78.9 Å². The molecule has 0 saturated carbocycles. The van der Waals surface area contributed by atoms with E-state index in [1.807, 2.05) is 11.3 Å². The third kappa shape index (κ3) is 6.74. The predicted molar refractivity (Wildman–Crippen MR) is 299 cm³/mol. The van der Waals surface area contributed by atoms with Crippen molar-refractivity contribution < 1.29 is 0 Å². The zero-order valence-corrected chi connectivity index (χ0v) is 45.9. The smallest absolute Gasteiger partial charge is 0.254 e. The van der Waals surface area contributed by atoms with Crippen molar-refractivity contribution in [2.75, 3.05) is 9.80 Å². The summed E-state index contributed by atoms with van der Waals surface area (Å²) in [5.41, 5.74) is 23.4. The fraction of sp³-hybridized carbons (Fsp3) is 0.500. The maximum absolute atomic E-state index is 2.76. The summed E-state index contributed by atoms with van der Waals surface area (Å²) in [4.78, 5) is 5.50. The van der Waals surface area contributed by atoms with Crippen LogP contribution in [-0.4, -0.2) is 6.71 Å². The predicted octanol–water partition coefficient (Wildman–Crippen LogP) is 16.6. The number of benzene rings is 5. The van der Waals surface area contributed by atoms with Gasteiger partial charge in [-0.3, -0.25) is 0 Å². The average Bonchev–Trinajstić information content (AvgIpc) is 3.63. The molecule has 2 nitrogen and oxygen atoms in total. The normalized spacial score (nSPS) is 21.1. The molecule has 0 saturated heterocycles. The van der Waals surface area contributed by atoms with E-state index in [0.29, 0.717) is 0 Å². The van der Waals surface area contributed by atoms with E-state index in [4.69, 9.17) is 0 Å². The quantitative estimate of drug-likeness (QED) is 0.159. The molecule has 0 N–H and O–H groups in total. The van der Waals surface area contributed by atoms with Gasteiger partial charge in [-0.2, -0.15) is 0 Å². The van der Waals surface area contributed by atoms with Crippen LogP contribution in [0.25, 0.3) is 10.1 Å². The largest absolute Gasteiger partial charge is 0.311 e. The first-order valence-electron chi connectivity index (χ1n) is 26.3. The third-order valence-corrected chi connectivity index (χ3v) is 19.8. The average molecular weight is 919 g/mol. The molecule has 5 aromatic carbocycles. The van der Waals surface area contributed by atoms with Crippen molar-refractivity contribution in [3.05, 3.63) is 123 Å². The van der Waals surface area contributed by atoms with Gasteiger partial charge in [0, 0.05) is 33.1 Å². The van der Waals surface area contributed by atoms with Crippen LogP contribution in [0.3, 0.4) is 0 Å². The second-order valence-corrected chi connectivity index (χ2v) is 29.3. The molecule has 3 heterocycles. The highest BCUT2D eigenvalue weighted by Crippen LogP contribution is 2.55. The molecule has 5 aliphatic rings. The van der Waals surface area contributed by atoms with E-state index in [2.05, 4.69) is 213 Å². The topological polar surface area (TPSA) is 6.48 Å². The Morgan fingerprint density at radius 3 is 1.32 bits per heavy atom. The Morgan fingerprint density at radius 2 is 0.838 bits per heavy atom. The van der Waals surface area contributed by atoms with E-state index < -0.39 is 0 Å². The molecule has 0 fully saturated rings. The first kappa shape index (κ1) is 46.1. The molecule has 4 heteroatoms. The van der Waals surface area contributed by atoms with Crippen molar-refractivity contribution >= 4 is 78.0 Å². The van der Waals surface area contributed by atoms with Gasteiger partial charge in [-0.05, 0) is 197 Å². The summed E-state index contributed by atoms with van der Waals surface area (Å²) in [7, 11) is 0. The van der Waals surface area contributed by atoms with Gasteiger partial charge < -0.3 is 9.80 Å². The summed E-state index contributed by atoms with van der Waals surface area (Å²) in [6.07, 6.45) is 7.17. The minimum Gasteiger partial charge on any atom is -0.311 e. The van der Waals surface area contributed by atoms with E-state index in [1.54, 1.807) is 0 Å². The fourth-order valence-corrected chi connectivity index (χ4v) is 14.7. The van der Waals surface area contributed by atoms with E-state index in [1.165, 1.54) is 143 Å². The van der Waals surface area contributed by atoms with Crippen LogP contribution in [0.4, 0.5) is 33.4 Å². The molecule has 6 aromatic rings. The van der Waals surface area contributed by atoms with Gasteiger partial charge in [-0.1, -0.05) is 155 Å². The molecule has 0 spiro atoms. The van der Waals surface area contributed by atoms with Crippen LogP contribution < -0.4 is 26.2 Å². The standard InChI is InChI=1S/C64H79BN2S/c1-57(2,3)38-19-24-53-42(31-38)54-56(68-53)67(41-21-23-44-46(35-41)62(13,14)28-26-60(44,9)10)52-33-39(58(4,5)6)32-51-55(52)65(54)49-36-47-48(64(17,18)30-29-63(47,15)16)37-50(49)66(51)40-20-22-43-45(34-40)61(11,12)27-25-59(43,7)8/h19-24,31-37H,25-30H2,1-18H3. The maximum Gasteiger partial charge on any atom is 0.254 e. The van der Waals surface area contributed by atoms with Gasteiger partial charge in [0.2, 0.25) is 0 Å².